The molecular weight excluding hydrogens is 306 g/mol. The van der Waals surface area contributed by atoms with Gasteiger partial charge in [0.05, 0.1) is 31.1 Å². The predicted octanol–water partition coefficient (Wildman–Crippen LogP) is 0.275. The van der Waals surface area contributed by atoms with Crippen molar-refractivity contribution in [2.24, 2.45) is 0 Å². The Kier molecular flexibility index (Phi) is 5.09. The minimum atomic E-state index is -1.37. The number of aromatic carboxylic acids is 1. The van der Waals surface area contributed by atoms with Crippen LogP contribution < -0.4 is 5.32 Å². The van der Waals surface area contributed by atoms with Crippen LogP contribution in [0.25, 0.3) is 0 Å². The number of halogens is 1. The molecule has 7 heteroatoms. The minimum Gasteiger partial charge on any atom is -0.478 e. The van der Waals surface area contributed by atoms with E-state index in [-0.39, 0.29) is 11.3 Å². The highest BCUT2D eigenvalue weighted by atomic mass is 79.9. The van der Waals surface area contributed by atoms with E-state index < -0.39 is 31.3 Å². The Labute approximate surface area is 112 Å². The molecule has 0 bridgehead atoms. The van der Waals surface area contributed by atoms with Crippen molar-refractivity contribution in [1.29, 1.82) is 0 Å². The normalized spacial score (nSPS) is 11.3. The quantitative estimate of drug-likeness (QED) is 0.515. The molecule has 0 fully saturated rings. The van der Waals surface area contributed by atoms with E-state index in [1.807, 2.05) is 0 Å². The van der Waals surface area contributed by atoms with E-state index in [0.717, 1.165) is 0 Å². The van der Waals surface area contributed by atoms with Crippen molar-refractivity contribution < 1.29 is 25.2 Å². The molecular formula is C11H14BrNO5. The topological polar surface area (TPSA) is 110 Å². The number of carbonyl (C=O) groups is 1. The van der Waals surface area contributed by atoms with E-state index in [1.165, 1.54) is 12.1 Å². The van der Waals surface area contributed by atoms with Gasteiger partial charge in [-0.1, -0.05) is 15.9 Å². The average Bonchev–Trinajstić information content (AvgIpc) is 2.36. The van der Waals surface area contributed by atoms with Gasteiger partial charge in [-0.3, -0.25) is 0 Å². The number of benzene rings is 1. The number of carboxylic acids is 1. The monoisotopic (exact) mass is 319 g/mol. The Hall–Kier alpha value is -1.15. The highest BCUT2D eigenvalue weighted by Crippen LogP contribution is 2.24. The lowest BCUT2D eigenvalue weighted by atomic mass is 10.0. The molecule has 0 aliphatic rings. The summed E-state index contributed by atoms with van der Waals surface area (Å²) in [5, 5.41) is 39.3. The van der Waals surface area contributed by atoms with E-state index in [9.17, 15) is 20.1 Å². The fourth-order valence-electron chi connectivity index (χ4n) is 1.36. The highest BCUT2D eigenvalue weighted by Gasteiger charge is 2.29. The van der Waals surface area contributed by atoms with Crippen molar-refractivity contribution in [1.82, 2.24) is 0 Å². The Bertz CT molecular complexity index is 425. The van der Waals surface area contributed by atoms with E-state index in [2.05, 4.69) is 21.2 Å². The van der Waals surface area contributed by atoms with E-state index in [0.29, 0.717) is 4.47 Å². The maximum absolute atomic E-state index is 11.0. The van der Waals surface area contributed by atoms with Gasteiger partial charge < -0.3 is 25.7 Å². The van der Waals surface area contributed by atoms with Gasteiger partial charge in [-0.25, -0.2) is 4.79 Å². The van der Waals surface area contributed by atoms with Gasteiger partial charge >= 0.3 is 5.97 Å². The van der Waals surface area contributed by atoms with Gasteiger partial charge in [0, 0.05) is 4.47 Å². The van der Waals surface area contributed by atoms with Crippen molar-refractivity contribution in [2.75, 3.05) is 25.1 Å². The van der Waals surface area contributed by atoms with Crippen molar-refractivity contribution >= 4 is 27.6 Å². The zero-order chi connectivity index (χ0) is 13.8. The fourth-order valence-corrected chi connectivity index (χ4v) is 1.72. The first-order valence-corrected chi connectivity index (χ1v) is 5.91. The summed E-state index contributed by atoms with van der Waals surface area (Å²) in [5.74, 6) is -1.15. The first-order valence-electron chi connectivity index (χ1n) is 5.11. The van der Waals surface area contributed by atoms with Crippen molar-refractivity contribution in [3.63, 3.8) is 0 Å². The first-order chi connectivity index (χ1) is 8.48. The van der Waals surface area contributed by atoms with Crippen LogP contribution in [0.1, 0.15) is 10.4 Å². The second-order valence-electron chi connectivity index (χ2n) is 3.87. The lowest BCUT2D eigenvalue weighted by molar-refractivity contribution is 0.0692. The summed E-state index contributed by atoms with van der Waals surface area (Å²) < 4.78 is 0.637. The molecule has 0 aliphatic carbocycles. The van der Waals surface area contributed by atoms with E-state index in [4.69, 9.17) is 5.11 Å². The van der Waals surface area contributed by atoms with Crippen molar-refractivity contribution in [3.05, 3.63) is 28.2 Å². The Morgan fingerprint density at radius 3 is 2.22 bits per heavy atom. The molecule has 0 radical (unpaired) electrons. The maximum Gasteiger partial charge on any atom is 0.337 e. The van der Waals surface area contributed by atoms with Gasteiger partial charge in [0.2, 0.25) is 0 Å². The number of aliphatic hydroxyl groups is 3. The Morgan fingerprint density at radius 1 is 1.22 bits per heavy atom. The second-order valence-corrected chi connectivity index (χ2v) is 4.79. The number of hydrogen-bond acceptors (Lipinski definition) is 5. The van der Waals surface area contributed by atoms with Gasteiger partial charge in [-0.05, 0) is 18.2 Å². The number of anilines is 1. The van der Waals surface area contributed by atoms with Crippen LogP contribution >= 0.6 is 15.9 Å². The second kappa shape index (κ2) is 6.14. The third-order valence-electron chi connectivity index (χ3n) is 2.52. The number of hydrogen-bond donors (Lipinski definition) is 5. The van der Waals surface area contributed by atoms with E-state index >= 15 is 0 Å². The molecule has 0 saturated carbocycles. The average molecular weight is 320 g/mol. The van der Waals surface area contributed by atoms with Crippen LogP contribution in [0.2, 0.25) is 0 Å². The summed E-state index contributed by atoms with van der Waals surface area (Å²) in [6.07, 6.45) is 0. The van der Waals surface area contributed by atoms with Crippen LogP contribution in [-0.4, -0.2) is 51.8 Å². The largest absolute Gasteiger partial charge is 0.478 e. The minimum absolute atomic E-state index is 0.0158. The number of nitrogens with one attached hydrogen (secondary N) is 1. The summed E-state index contributed by atoms with van der Waals surface area (Å²) >= 11 is 3.20. The maximum atomic E-state index is 11.0. The zero-order valence-electron chi connectivity index (χ0n) is 9.43. The third-order valence-corrected chi connectivity index (χ3v) is 3.01. The Balaban J connectivity index is 3.16. The molecule has 1 aromatic carbocycles. The Morgan fingerprint density at radius 2 is 1.78 bits per heavy atom. The van der Waals surface area contributed by atoms with Gasteiger partial charge in [-0.2, -0.15) is 0 Å². The molecule has 0 aromatic heterocycles. The molecule has 0 heterocycles. The molecule has 100 valence electrons. The molecule has 1 rings (SSSR count). The number of rotatable bonds is 6. The molecule has 0 spiro atoms. The summed E-state index contributed by atoms with van der Waals surface area (Å²) in [7, 11) is 0. The van der Waals surface area contributed by atoms with Crippen LogP contribution in [0, 0.1) is 0 Å². The highest BCUT2D eigenvalue weighted by molar-refractivity contribution is 9.10. The van der Waals surface area contributed by atoms with Crippen LogP contribution in [0.15, 0.2) is 22.7 Å². The molecule has 0 atom stereocenters. The van der Waals surface area contributed by atoms with Crippen molar-refractivity contribution in [3.8, 4) is 0 Å². The SMILES string of the molecule is O=C(O)c1ccc(Br)cc1NC(CO)(CO)CO. The first kappa shape index (κ1) is 14.9. The number of carboxylic acid groups (broad SMARTS) is 1. The van der Waals surface area contributed by atoms with Crippen LogP contribution in [0.3, 0.4) is 0 Å². The summed E-state index contributed by atoms with van der Waals surface area (Å²) in [4.78, 5) is 11.0. The summed E-state index contributed by atoms with van der Waals surface area (Å²) in [5.41, 5.74) is -1.18. The molecule has 5 N–H and O–H groups in total. The molecule has 0 unspecified atom stereocenters. The number of aliphatic hydroxyl groups excluding tert-OH is 3. The van der Waals surface area contributed by atoms with Gasteiger partial charge in [0.1, 0.15) is 5.54 Å². The lowest BCUT2D eigenvalue weighted by Crippen LogP contribution is -2.49. The van der Waals surface area contributed by atoms with Gasteiger partial charge in [-0.15, -0.1) is 0 Å². The molecule has 6 nitrogen and oxygen atoms in total. The lowest BCUT2D eigenvalue weighted by Gasteiger charge is -2.30. The predicted molar refractivity (Wildman–Crippen MR) is 68.7 cm³/mol. The van der Waals surface area contributed by atoms with Crippen LogP contribution in [0.5, 0.6) is 0 Å². The third kappa shape index (κ3) is 3.20. The summed E-state index contributed by atoms with van der Waals surface area (Å²) in [6, 6.07) is 4.44. The molecule has 0 saturated heterocycles. The molecule has 0 aliphatic heterocycles. The van der Waals surface area contributed by atoms with Gasteiger partial charge in [0.25, 0.3) is 0 Å². The van der Waals surface area contributed by atoms with Crippen LogP contribution in [-0.2, 0) is 0 Å². The molecule has 18 heavy (non-hydrogen) atoms. The molecule has 0 amide bonds. The van der Waals surface area contributed by atoms with Crippen molar-refractivity contribution in [2.45, 2.75) is 5.54 Å². The summed E-state index contributed by atoms with van der Waals surface area (Å²) in [6.45, 7) is -1.61. The molecule has 1 aromatic rings. The van der Waals surface area contributed by atoms with Gasteiger partial charge in [0.15, 0.2) is 0 Å². The smallest absolute Gasteiger partial charge is 0.337 e. The fraction of sp³-hybridized carbons (Fsp3) is 0.364. The van der Waals surface area contributed by atoms with E-state index in [1.54, 1.807) is 6.07 Å². The standard InChI is InChI=1S/C11H14BrNO5/c12-7-1-2-8(10(17)18)9(3-7)13-11(4-14,5-15)6-16/h1-3,13-16H,4-6H2,(H,17,18). The van der Waals surface area contributed by atoms with Crippen LogP contribution in [0.4, 0.5) is 5.69 Å². The zero-order valence-corrected chi connectivity index (χ0v) is 11.0.